The average molecular weight is 444 g/mol. The molecule has 0 atom stereocenters. The topological polar surface area (TPSA) is 47.4 Å². The second kappa shape index (κ2) is 8.17. The van der Waals surface area contributed by atoms with Crippen LogP contribution in [-0.2, 0) is 11.3 Å². The Morgan fingerprint density at radius 1 is 1.12 bits per heavy atom. The zero-order chi connectivity index (χ0) is 22.2. The van der Waals surface area contributed by atoms with E-state index in [4.69, 9.17) is 16.3 Å². The molecule has 0 saturated carbocycles. The minimum atomic E-state index is -0.0165. The molecule has 0 bridgehead atoms. The molecule has 6 heteroatoms. The summed E-state index contributed by atoms with van der Waals surface area (Å²) in [4.78, 5) is 19.5. The fraction of sp³-hybridized carbons (Fsp3) is 0.154. The van der Waals surface area contributed by atoms with E-state index in [1.54, 1.807) is 18.3 Å². The number of halogens is 1. The molecule has 0 radical (unpaired) electrons. The highest BCUT2D eigenvalue weighted by molar-refractivity contribution is 6.30. The third-order valence-corrected chi connectivity index (χ3v) is 6.03. The Labute approximate surface area is 191 Å². The summed E-state index contributed by atoms with van der Waals surface area (Å²) in [5.41, 5.74) is 6.41. The second-order valence-corrected chi connectivity index (χ2v) is 8.32. The smallest absolute Gasteiger partial charge is 0.258 e. The first-order valence-electron chi connectivity index (χ1n) is 10.4. The lowest BCUT2D eigenvalue weighted by molar-refractivity contribution is 0.0831. The van der Waals surface area contributed by atoms with Gasteiger partial charge in [-0.15, -0.1) is 0 Å². The van der Waals surface area contributed by atoms with Crippen LogP contribution >= 0.6 is 11.6 Å². The van der Waals surface area contributed by atoms with Gasteiger partial charge < -0.3 is 14.2 Å². The van der Waals surface area contributed by atoms with Gasteiger partial charge in [-0.3, -0.25) is 4.79 Å². The SMILES string of the molecule is COC1=C(n2cnc(C)c2)CC=CC(N2Cc3ccc(-c4cccc(Cl)c4)cc3C2=O)=C1. The van der Waals surface area contributed by atoms with Gasteiger partial charge in [-0.2, -0.15) is 0 Å². The van der Waals surface area contributed by atoms with E-state index in [0.717, 1.165) is 39.3 Å². The molecule has 1 aliphatic heterocycles. The average Bonchev–Trinajstić information content (AvgIpc) is 3.29. The Balaban J connectivity index is 1.49. The van der Waals surface area contributed by atoms with Crippen LogP contribution in [0.5, 0.6) is 0 Å². The standard InChI is InChI=1S/C26H22ClN3O2/c1-17-14-29(16-28-17)24-8-4-7-22(13-25(24)32-2)30-15-20-10-9-19(12-23(20)26(30)31)18-5-3-6-21(27)11-18/h3-7,9-14,16H,8,15H2,1-2H3. The Bertz CT molecular complexity index is 1320. The number of aryl methyl sites for hydroxylation is 1. The van der Waals surface area contributed by atoms with Gasteiger partial charge in [-0.1, -0.05) is 41.9 Å². The van der Waals surface area contributed by atoms with Gasteiger partial charge in [0.1, 0.15) is 5.76 Å². The lowest BCUT2D eigenvalue weighted by atomic mass is 10.0. The molecule has 1 amide bonds. The van der Waals surface area contributed by atoms with Crippen molar-refractivity contribution in [1.29, 1.82) is 0 Å². The van der Waals surface area contributed by atoms with Crippen LogP contribution in [0.1, 0.15) is 28.0 Å². The van der Waals surface area contributed by atoms with Crippen molar-refractivity contribution in [3.8, 4) is 11.1 Å². The molecule has 5 nitrogen and oxygen atoms in total. The number of amides is 1. The maximum atomic E-state index is 13.4. The molecule has 1 aromatic heterocycles. The highest BCUT2D eigenvalue weighted by Gasteiger charge is 2.30. The van der Waals surface area contributed by atoms with Crippen molar-refractivity contribution >= 4 is 23.2 Å². The molecule has 32 heavy (non-hydrogen) atoms. The van der Waals surface area contributed by atoms with E-state index in [1.165, 1.54) is 0 Å². The van der Waals surface area contributed by atoms with Crippen LogP contribution in [0.4, 0.5) is 0 Å². The zero-order valence-corrected chi connectivity index (χ0v) is 18.6. The highest BCUT2D eigenvalue weighted by Crippen LogP contribution is 2.33. The van der Waals surface area contributed by atoms with Gasteiger partial charge in [0.2, 0.25) is 0 Å². The molecular weight excluding hydrogens is 422 g/mol. The number of carbonyl (C=O) groups excluding carboxylic acids is 1. The fourth-order valence-corrected chi connectivity index (χ4v) is 4.35. The van der Waals surface area contributed by atoms with Crippen LogP contribution < -0.4 is 0 Å². The fourth-order valence-electron chi connectivity index (χ4n) is 4.16. The van der Waals surface area contributed by atoms with Crippen LogP contribution in [0.25, 0.3) is 16.8 Å². The minimum Gasteiger partial charge on any atom is -0.495 e. The van der Waals surface area contributed by atoms with E-state index < -0.39 is 0 Å². The summed E-state index contributed by atoms with van der Waals surface area (Å²) in [7, 11) is 1.65. The number of imidazole rings is 1. The largest absolute Gasteiger partial charge is 0.495 e. The number of methoxy groups -OCH3 is 1. The zero-order valence-electron chi connectivity index (χ0n) is 17.9. The molecule has 0 saturated heterocycles. The van der Waals surface area contributed by atoms with Crippen molar-refractivity contribution in [2.45, 2.75) is 19.9 Å². The van der Waals surface area contributed by atoms with Crippen LogP contribution in [0.3, 0.4) is 0 Å². The van der Waals surface area contributed by atoms with Crippen molar-refractivity contribution in [1.82, 2.24) is 14.5 Å². The number of hydrogen-bond donors (Lipinski definition) is 0. The Kier molecular flexibility index (Phi) is 5.19. The summed E-state index contributed by atoms with van der Waals surface area (Å²) in [6, 6.07) is 13.7. The molecule has 5 rings (SSSR count). The lowest BCUT2D eigenvalue weighted by Crippen LogP contribution is -2.22. The predicted octanol–water partition coefficient (Wildman–Crippen LogP) is 5.83. The van der Waals surface area contributed by atoms with Crippen molar-refractivity contribution in [2.75, 3.05) is 7.11 Å². The van der Waals surface area contributed by atoms with Crippen LogP contribution in [0.15, 0.2) is 84.7 Å². The van der Waals surface area contributed by atoms with Gasteiger partial charge in [-0.25, -0.2) is 4.98 Å². The summed E-state index contributed by atoms with van der Waals surface area (Å²) < 4.78 is 7.67. The number of carbonyl (C=O) groups is 1. The van der Waals surface area contributed by atoms with E-state index in [9.17, 15) is 4.79 Å². The molecule has 0 fully saturated rings. The van der Waals surface area contributed by atoms with Crippen molar-refractivity contribution in [2.24, 2.45) is 0 Å². The Morgan fingerprint density at radius 3 is 2.72 bits per heavy atom. The van der Waals surface area contributed by atoms with Crippen molar-refractivity contribution in [3.05, 3.63) is 107 Å². The van der Waals surface area contributed by atoms with E-state index in [-0.39, 0.29) is 5.91 Å². The first kappa shape index (κ1) is 20.3. The molecule has 3 aromatic rings. The number of rotatable bonds is 4. The molecule has 1 aliphatic carbocycles. The van der Waals surface area contributed by atoms with Crippen LogP contribution in [-0.4, -0.2) is 27.5 Å². The normalized spacial score (nSPS) is 15.7. The minimum absolute atomic E-state index is 0.0165. The quantitative estimate of drug-likeness (QED) is 0.510. The number of ether oxygens (including phenoxy) is 1. The van der Waals surface area contributed by atoms with Gasteiger partial charge in [0.05, 0.1) is 31.4 Å². The number of hydrogen-bond acceptors (Lipinski definition) is 3. The predicted molar refractivity (Wildman–Crippen MR) is 126 cm³/mol. The summed E-state index contributed by atoms with van der Waals surface area (Å²) in [5.74, 6) is 0.697. The number of benzene rings is 2. The molecule has 0 N–H and O–H groups in total. The molecule has 0 unspecified atom stereocenters. The first-order chi connectivity index (χ1) is 15.5. The second-order valence-electron chi connectivity index (χ2n) is 7.89. The Morgan fingerprint density at radius 2 is 1.97 bits per heavy atom. The van der Waals surface area contributed by atoms with E-state index in [2.05, 4.69) is 11.1 Å². The Hall–Kier alpha value is -3.57. The third-order valence-electron chi connectivity index (χ3n) is 5.79. The number of fused-ring (bicyclic) bond motifs is 1. The maximum Gasteiger partial charge on any atom is 0.258 e. The molecule has 0 spiro atoms. The lowest BCUT2D eigenvalue weighted by Gasteiger charge is -2.17. The molecule has 160 valence electrons. The molecular formula is C26H22ClN3O2. The first-order valence-corrected chi connectivity index (χ1v) is 10.8. The number of nitrogens with zero attached hydrogens (tertiary/aromatic N) is 3. The van der Waals surface area contributed by atoms with E-state index >= 15 is 0 Å². The van der Waals surface area contributed by atoms with Gasteiger partial charge in [0.25, 0.3) is 5.91 Å². The summed E-state index contributed by atoms with van der Waals surface area (Å²) >= 11 is 6.15. The molecule has 2 heterocycles. The van der Waals surface area contributed by atoms with E-state index in [1.807, 2.05) is 72.3 Å². The van der Waals surface area contributed by atoms with Gasteiger partial charge in [0, 0.05) is 35.0 Å². The molecule has 2 aliphatic rings. The summed E-state index contributed by atoms with van der Waals surface area (Å²) in [6.07, 6.45) is 10.4. The number of aromatic nitrogens is 2. The van der Waals surface area contributed by atoms with Crippen LogP contribution in [0, 0.1) is 6.92 Å². The summed E-state index contributed by atoms with van der Waals surface area (Å²) in [5, 5.41) is 0.674. The summed E-state index contributed by atoms with van der Waals surface area (Å²) in [6.45, 7) is 2.48. The van der Waals surface area contributed by atoms with Gasteiger partial charge in [0.15, 0.2) is 0 Å². The van der Waals surface area contributed by atoms with E-state index in [0.29, 0.717) is 23.7 Å². The third kappa shape index (κ3) is 3.65. The molecule has 2 aromatic carbocycles. The van der Waals surface area contributed by atoms with Crippen LogP contribution in [0.2, 0.25) is 5.02 Å². The monoisotopic (exact) mass is 443 g/mol. The van der Waals surface area contributed by atoms with Crippen molar-refractivity contribution < 1.29 is 9.53 Å². The van der Waals surface area contributed by atoms with Crippen molar-refractivity contribution in [3.63, 3.8) is 0 Å². The van der Waals surface area contributed by atoms with Gasteiger partial charge in [-0.05, 0) is 47.9 Å². The van der Waals surface area contributed by atoms with Gasteiger partial charge >= 0.3 is 0 Å². The maximum absolute atomic E-state index is 13.4. The number of allylic oxidation sites excluding steroid dienone is 4. The highest BCUT2D eigenvalue weighted by atomic mass is 35.5.